The maximum atomic E-state index is 6.36. The van der Waals surface area contributed by atoms with Crippen molar-refractivity contribution in [3.8, 4) is 0 Å². The van der Waals surface area contributed by atoms with Gasteiger partial charge in [0.15, 0.2) is 0 Å². The van der Waals surface area contributed by atoms with Gasteiger partial charge in [0.2, 0.25) is 0 Å². The first-order valence-electron chi connectivity index (χ1n) is 13.8. The minimum atomic E-state index is -2.08. The van der Waals surface area contributed by atoms with Crippen LogP contribution in [0.25, 0.3) is 0 Å². The van der Waals surface area contributed by atoms with E-state index in [2.05, 4.69) is 40.0 Å². The zero-order valence-corrected chi connectivity index (χ0v) is 24.4. The van der Waals surface area contributed by atoms with E-state index in [-0.39, 0.29) is 0 Å². The topological polar surface area (TPSA) is 27.7 Å². The van der Waals surface area contributed by atoms with E-state index in [9.17, 15) is 0 Å². The summed E-state index contributed by atoms with van der Waals surface area (Å²) < 4.78 is 18.6. The van der Waals surface area contributed by atoms with E-state index in [1.165, 1.54) is 103 Å². The van der Waals surface area contributed by atoms with Crippen molar-refractivity contribution in [3.05, 3.63) is 0 Å². The van der Waals surface area contributed by atoms with E-state index in [1.54, 1.807) is 0 Å². The van der Waals surface area contributed by atoms with Gasteiger partial charge in [0.25, 0.3) is 0 Å². The number of unbranched alkanes of at least 4 members (excludes halogenated alkanes) is 16. The largest absolute Gasteiger partial charge is 0.415 e. The maximum absolute atomic E-state index is 6.36. The van der Waals surface area contributed by atoms with E-state index < -0.39 is 17.1 Å². The Kier molecular flexibility index (Phi) is 21.1. The van der Waals surface area contributed by atoms with Crippen molar-refractivity contribution in [2.45, 2.75) is 156 Å². The Hall–Kier alpha value is 0.314. The molecule has 0 spiro atoms. The molecule has 0 saturated heterocycles. The van der Waals surface area contributed by atoms with Crippen LogP contribution in [0.1, 0.15) is 129 Å². The van der Waals surface area contributed by atoms with Gasteiger partial charge in [0.1, 0.15) is 0 Å². The Labute approximate surface area is 198 Å². The Balaban J connectivity index is 3.48. The van der Waals surface area contributed by atoms with E-state index in [1.807, 2.05) is 0 Å². The standard InChI is InChI=1S/C26H58O3Si2/c1-7-9-11-12-13-14-15-16-17-18-19-20-21-22-24-26-28-31(5,6)29-30(3,4)27-25-23-10-8-2/h7-26H2,1-6H3. The van der Waals surface area contributed by atoms with E-state index in [4.69, 9.17) is 13.0 Å². The zero-order chi connectivity index (χ0) is 23.3. The average molecular weight is 475 g/mol. The molecule has 0 rings (SSSR count). The monoisotopic (exact) mass is 474 g/mol. The lowest BCUT2D eigenvalue weighted by Crippen LogP contribution is -2.48. The van der Waals surface area contributed by atoms with Gasteiger partial charge in [-0.15, -0.1) is 0 Å². The molecule has 0 heterocycles. The highest BCUT2D eigenvalue weighted by atomic mass is 28.5. The first kappa shape index (κ1) is 31.3. The van der Waals surface area contributed by atoms with Crippen molar-refractivity contribution in [2.75, 3.05) is 13.2 Å². The molecule has 0 aliphatic rings. The van der Waals surface area contributed by atoms with Crippen molar-refractivity contribution in [1.29, 1.82) is 0 Å². The summed E-state index contributed by atoms with van der Waals surface area (Å²) in [4.78, 5) is 0. The summed E-state index contributed by atoms with van der Waals surface area (Å²) in [5.41, 5.74) is 0. The molecule has 0 saturated carbocycles. The van der Waals surface area contributed by atoms with Gasteiger partial charge in [0.05, 0.1) is 0 Å². The van der Waals surface area contributed by atoms with Gasteiger partial charge in [-0.3, -0.25) is 0 Å². The van der Waals surface area contributed by atoms with Gasteiger partial charge in [-0.25, -0.2) is 0 Å². The third-order valence-electron chi connectivity index (χ3n) is 5.89. The third kappa shape index (κ3) is 23.3. The Morgan fingerprint density at radius 2 is 0.645 bits per heavy atom. The van der Waals surface area contributed by atoms with Gasteiger partial charge in [-0.2, -0.15) is 0 Å². The van der Waals surface area contributed by atoms with Gasteiger partial charge in [-0.1, -0.05) is 117 Å². The fourth-order valence-electron chi connectivity index (χ4n) is 4.11. The molecule has 3 nitrogen and oxygen atoms in total. The van der Waals surface area contributed by atoms with Crippen LogP contribution >= 0.6 is 0 Å². The lowest BCUT2D eigenvalue weighted by molar-refractivity contribution is 0.190. The molecule has 0 unspecified atom stereocenters. The molecule has 0 fully saturated rings. The summed E-state index contributed by atoms with van der Waals surface area (Å²) in [5.74, 6) is 0. The molecule has 31 heavy (non-hydrogen) atoms. The highest BCUT2D eigenvalue weighted by Gasteiger charge is 2.36. The third-order valence-corrected chi connectivity index (χ3v) is 11.6. The molecule has 0 aromatic carbocycles. The summed E-state index contributed by atoms with van der Waals surface area (Å²) in [6.45, 7) is 14.8. The molecule has 0 atom stereocenters. The first-order valence-corrected chi connectivity index (χ1v) is 19.4. The maximum Gasteiger partial charge on any atom is 0.322 e. The normalized spacial score (nSPS) is 12.6. The highest BCUT2D eigenvalue weighted by molar-refractivity contribution is 6.78. The fraction of sp³-hybridized carbons (Fsp3) is 1.00. The SMILES string of the molecule is CCCCCCCCCCCCCCCCCO[Si](C)(C)O[Si](C)(C)OCCCCC. The molecular formula is C26H58O3Si2. The summed E-state index contributed by atoms with van der Waals surface area (Å²) in [7, 11) is -4.14. The Bertz CT molecular complexity index is 376. The molecule has 0 radical (unpaired) electrons. The predicted molar refractivity (Wildman–Crippen MR) is 142 cm³/mol. The average Bonchev–Trinajstić information content (AvgIpc) is 2.70. The minimum Gasteiger partial charge on any atom is -0.415 e. The van der Waals surface area contributed by atoms with Crippen LogP contribution in [0.4, 0.5) is 0 Å². The molecular weight excluding hydrogens is 416 g/mol. The van der Waals surface area contributed by atoms with Crippen molar-refractivity contribution in [3.63, 3.8) is 0 Å². The minimum absolute atomic E-state index is 0.830. The molecule has 188 valence electrons. The lowest BCUT2D eigenvalue weighted by atomic mass is 10.0. The second kappa shape index (κ2) is 20.9. The van der Waals surface area contributed by atoms with Crippen LogP contribution < -0.4 is 0 Å². The Morgan fingerprint density at radius 3 is 1.00 bits per heavy atom. The van der Waals surface area contributed by atoms with Crippen LogP contribution in [0.5, 0.6) is 0 Å². The summed E-state index contributed by atoms with van der Waals surface area (Å²) in [6.07, 6.45) is 24.6. The van der Waals surface area contributed by atoms with Gasteiger partial charge in [0, 0.05) is 13.2 Å². The van der Waals surface area contributed by atoms with Crippen LogP contribution in [0, 0.1) is 0 Å². The molecule has 0 aromatic heterocycles. The lowest BCUT2D eigenvalue weighted by Gasteiger charge is -2.32. The van der Waals surface area contributed by atoms with Crippen LogP contribution in [0.15, 0.2) is 0 Å². The van der Waals surface area contributed by atoms with Crippen LogP contribution in [-0.4, -0.2) is 30.3 Å². The van der Waals surface area contributed by atoms with Crippen LogP contribution in [0.2, 0.25) is 26.2 Å². The smallest absolute Gasteiger partial charge is 0.322 e. The number of hydrogen-bond acceptors (Lipinski definition) is 3. The van der Waals surface area contributed by atoms with Crippen molar-refractivity contribution in [1.82, 2.24) is 0 Å². The zero-order valence-electron chi connectivity index (χ0n) is 22.4. The highest BCUT2D eigenvalue weighted by Crippen LogP contribution is 2.18. The second-order valence-corrected chi connectivity index (χ2v) is 17.2. The molecule has 0 amide bonds. The quantitative estimate of drug-likeness (QED) is 0.103. The number of rotatable bonds is 24. The first-order chi connectivity index (χ1) is 14.8. The Morgan fingerprint density at radius 1 is 0.387 bits per heavy atom. The van der Waals surface area contributed by atoms with E-state index >= 15 is 0 Å². The van der Waals surface area contributed by atoms with Gasteiger partial charge >= 0.3 is 17.1 Å². The molecule has 0 aliphatic carbocycles. The van der Waals surface area contributed by atoms with Crippen LogP contribution in [0.3, 0.4) is 0 Å². The van der Waals surface area contributed by atoms with Crippen molar-refractivity contribution < 1.29 is 13.0 Å². The van der Waals surface area contributed by atoms with Gasteiger partial charge in [-0.05, 0) is 39.0 Å². The van der Waals surface area contributed by atoms with E-state index in [0.717, 1.165) is 26.1 Å². The van der Waals surface area contributed by atoms with E-state index in [0.29, 0.717) is 0 Å². The fourth-order valence-corrected chi connectivity index (χ4v) is 10.6. The predicted octanol–water partition coefficient (Wildman–Crippen LogP) is 9.50. The molecule has 5 heteroatoms. The van der Waals surface area contributed by atoms with Crippen molar-refractivity contribution in [2.24, 2.45) is 0 Å². The molecule has 0 bridgehead atoms. The number of hydrogen-bond donors (Lipinski definition) is 0. The molecule has 0 aromatic rings. The van der Waals surface area contributed by atoms with Gasteiger partial charge < -0.3 is 13.0 Å². The summed E-state index contributed by atoms with van der Waals surface area (Å²) in [6, 6.07) is 0. The van der Waals surface area contributed by atoms with Crippen molar-refractivity contribution >= 4 is 17.1 Å². The summed E-state index contributed by atoms with van der Waals surface area (Å²) in [5, 5.41) is 0. The second-order valence-electron chi connectivity index (χ2n) is 10.3. The molecule has 0 N–H and O–H groups in total. The molecule has 0 aliphatic heterocycles. The van der Waals surface area contributed by atoms with Crippen LogP contribution in [-0.2, 0) is 13.0 Å². The summed E-state index contributed by atoms with van der Waals surface area (Å²) >= 11 is 0.